The van der Waals surface area contributed by atoms with Gasteiger partial charge in [0.2, 0.25) is 0 Å². The van der Waals surface area contributed by atoms with Crippen LogP contribution < -0.4 is 5.32 Å². The van der Waals surface area contributed by atoms with Crippen LogP contribution in [0.5, 0.6) is 0 Å². The molecule has 2 aliphatic rings. The summed E-state index contributed by atoms with van der Waals surface area (Å²) in [5, 5.41) is 3.83. The Balaban J connectivity index is 1.63. The van der Waals surface area contributed by atoms with Gasteiger partial charge < -0.3 is 10.2 Å². The fourth-order valence-electron chi connectivity index (χ4n) is 3.81. The zero-order valence-corrected chi connectivity index (χ0v) is 13.5. The molecular formula is C18H29N3. The van der Waals surface area contributed by atoms with Crippen LogP contribution in [-0.4, -0.2) is 55.1 Å². The predicted octanol–water partition coefficient (Wildman–Crippen LogP) is 2.51. The van der Waals surface area contributed by atoms with Crippen molar-refractivity contribution in [1.29, 1.82) is 0 Å². The number of benzene rings is 1. The van der Waals surface area contributed by atoms with Crippen molar-refractivity contribution in [3.05, 3.63) is 35.9 Å². The molecule has 1 aromatic carbocycles. The Morgan fingerprint density at radius 2 is 1.90 bits per heavy atom. The Bertz CT molecular complexity index is 417. The lowest BCUT2D eigenvalue weighted by Gasteiger charge is -2.29. The van der Waals surface area contributed by atoms with E-state index >= 15 is 0 Å². The van der Waals surface area contributed by atoms with Gasteiger partial charge in [-0.05, 0) is 51.9 Å². The summed E-state index contributed by atoms with van der Waals surface area (Å²) in [5.41, 5.74) is 1.46. The number of likely N-dealkylation sites (tertiary alicyclic amines) is 2. The third-order valence-corrected chi connectivity index (χ3v) is 5.25. The lowest BCUT2D eigenvalue weighted by molar-refractivity contribution is 0.232. The number of likely N-dealkylation sites (N-methyl/N-ethyl adjacent to an activating group) is 1. The molecule has 21 heavy (non-hydrogen) atoms. The molecule has 0 amide bonds. The summed E-state index contributed by atoms with van der Waals surface area (Å²) in [6, 6.07) is 12.9. The molecule has 3 unspecified atom stereocenters. The number of nitrogens with one attached hydrogen (secondary N) is 1. The molecule has 0 aliphatic carbocycles. The van der Waals surface area contributed by atoms with Crippen molar-refractivity contribution < 1.29 is 0 Å². The highest BCUT2D eigenvalue weighted by Gasteiger charge is 2.28. The summed E-state index contributed by atoms with van der Waals surface area (Å²) in [6.07, 6.45) is 3.98. The standard InChI is InChI=1S/C18H29N3/c1-15-12-17(14-20(15)2)19-13-18(21-10-6-7-11-21)16-8-4-3-5-9-16/h3-5,8-9,15,17-19H,6-7,10-14H2,1-2H3. The summed E-state index contributed by atoms with van der Waals surface area (Å²) < 4.78 is 0. The van der Waals surface area contributed by atoms with E-state index in [9.17, 15) is 0 Å². The van der Waals surface area contributed by atoms with Gasteiger partial charge in [-0.1, -0.05) is 30.3 Å². The molecule has 0 bridgehead atoms. The van der Waals surface area contributed by atoms with E-state index in [1.807, 2.05) is 0 Å². The third-order valence-electron chi connectivity index (χ3n) is 5.25. The van der Waals surface area contributed by atoms with Gasteiger partial charge in [0.05, 0.1) is 0 Å². The second-order valence-electron chi connectivity index (χ2n) is 6.80. The molecule has 0 radical (unpaired) electrons. The first-order chi connectivity index (χ1) is 10.2. The van der Waals surface area contributed by atoms with Crippen LogP contribution in [0.2, 0.25) is 0 Å². The van der Waals surface area contributed by atoms with E-state index in [1.54, 1.807) is 0 Å². The molecule has 2 saturated heterocycles. The van der Waals surface area contributed by atoms with E-state index < -0.39 is 0 Å². The van der Waals surface area contributed by atoms with Crippen molar-refractivity contribution in [3.63, 3.8) is 0 Å². The van der Waals surface area contributed by atoms with E-state index in [-0.39, 0.29) is 0 Å². The zero-order valence-electron chi connectivity index (χ0n) is 13.5. The molecule has 1 aromatic rings. The minimum Gasteiger partial charge on any atom is -0.311 e. The average molecular weight is 287 g/mol. The second-order valence-corrected chi connectivity index (χ2v) is 6.80. The summed E-state index contributed by atoms with van der Waals surface area (Å²) in [7, 11) is 2.24. The summed E-state index contributed by atoms with van der Waals surface area (Å²) >= 11 is 0. The smallest absolute Gasteiger partial charge is 0.0472 e. The van der Waals surface area contributed by atoms with Crippen molar-refractivity contribution >= 4 is 0 Å². The number of hydrogen-bond donors (Lipinski definition) is 1. The normalized spacial score (nSPS) is 29.0. The highest BCUT2D eigenvalue weighted by atomic mass is 15.2. The quantitative estimate of drug-likeness (QED) is 0.898. The molecule has 1 N–H and O–H groups in total. The van der Waals surface area contributed by atoms with Crippen molar-refractivity contribution in [2.24, 2.45) is 0 Å². The zero-order chi connectivity index (χ0) is 14.7. The van der Waals surface area contributed by atoms with Crippen LogP contribution in [0.1, 0.15) is 37.8 Å². The van der Waals surface area contributed by atoms with Gasteiger partial charge in [-0.25, -0.2) is 0 Å². The minimum absolute atomic E-state index is 0.537. The van der Waals surface area contributed by atoms with Crippen molar-refractivity contribution in [2.75, 3.05) is 33.2 Å². The predicted molar refractivity (Wildman–Crippen MR) is 88.5 cm³/mol. The van der Waals surface area contributed by atoms with E-state index in [2.05, 4.69) is 59.4 Å². The average Bonchev–Trinajstić information content (AvgIpc) is 3.12. The highest BCUT2D eigenvalue weighted by molar-refractivity contribution is 5.20. The van der Waals surface area contributed by atoms with Gasteiger partial charge in [0, 0.05) is 31.2 Å². The van der Waals surface area contributed by atoms with Gasteiger partial charge in [0.25, 0.3) is 0 Å². The monoisotopic (exact) mass is 287 g/mol. The second kappa shape index (κ2) is 6.91. The van der Waals surface area contributed by atoms with E-state index in [1.165, 1.54) is 44.5 Å². The molecule has 0 aromatic heterocycles. The van der Waals surface area contributed by atoms with Gasteiger partial charge in [0.1, 0.15) is 0 Å². The SMILES string of the molecule is CC1CC(NCC(c2ccccc2)N2CCCC2)CN1C. The van der Waals surface area contributed by atoms with Crippen LogP contribution in [0.25, 0.3) is 0 Å². The van der Waals surface area contributed by atoms with Gasteiger partial charge >= 0.3 is 0 Å². The molecule has 0 saturated carbocycles. The van der Waals surface area contributed by atoms with Gasteiger partial charge in [-0.2, -0.15) is 0 Å². The molecule has 2 fully saturated rings. The summed E-state index contributed by atoms with van der Waals surface area (Å²) in [4.78, 5) is 5.12. The van der Waals surface area contributed by atoms with Crippen LogP contribution in [0.4, 0.5) is 0 Å². The minimum atomic E-state index is 0.537. The molecule has 3 atom stereocenters. The molecule has 0 spiro atoms. The molecule has 2 aliphatic heterocycles. The Hall–Kier alpha value is -0.900. The van der Waals surface area contributed by atoms with Gasteiger partial charge in [-0.15, -0.1) is 0 Å². The number of nitrogens with zero attached hydrogens (tertiary/aromatic N) is 2. The Labute approximate surface area is 129 Å². The maximum absolute atomic E-state index is 3.83. The molecule has 116 valence electrons. The number of hydrogen-bond acceptors (Lipinski definition) is 3. The Morgan fingerprint density at radius 3 is 2.52 bits per heavy atom. The van der Waals surface area contributed by atoms with Crippen LogP contribution >= 0.6 is 0 Å². The Morgan fingerprint density at radius 1 is 1.19 bits per heavy atom. The highest BCUT2D eigenvalue weighted by Crippen LogP contribution is 2.25. The first-order valence-corrected chi connectivity index (χ1v) is 8.46. The maximum atomic E-state index is 3.83. The van der Waals surface area contributed by atoms with Crippen LogP contribution in [0.15, 0.2) is 30.3 Å². The fraction of sp³-hybridized carbons (Fsp3) is 0.667. The third kappa shape index (κ3) is 3.65. The van der Waals surface area contributed by atoms with Crippen molar-refractivity contribution in [2.45, 2.75) is 44.3 Å². The van der Waals surface area contributed by atoms with Gasteiger partial charge in [0.15, 0.2) is 0 Å². The van der Waals surface area contributed by atoms with E-state index in [4.69, 9.17) is 0 Å². The molecular weight excluding hydrogens is 258 g/mol. The lowest BCUT2D eigenvalue weighted by atomic mass is 10.0. The Kier molecular flexibility index (Phi) is 4.94. The number of rotatable bonds is 5. The molecule has 3 heteroatoms. The lowest BCUT2D eigenvalue weighted by Crippen LogP contribution is -2.39. The van der Waals surface area contributed by atoms with Crippen LogP contribution in [-0.2, 0) is 0 Å². The summed E-state index contributed by atoms with van der Waals surface area (Å²) in [6.45, 7) is 7.10. The maximum Gasteiger partial charge on any atom is 0.0472 e. The van der Waals surface area contributed by atoms with E-state index in [0.29, 0.717) is 18.1 Å². The molecule has 2 heterocycles. The topological polar surface area (TPSA) is 18.5 Å². The van der Waals surface area contributed by atoms with Crippen molar-refractivity contribution in [3.8, 4) is 0 Å². The van der Waals surface area contributed by atoms with Gasteiger partial charge in [-0.3, -0.25) is 4.90 Å². The largest absolute Gasteiger partial charge is 0.311 e. The van der Waals surface area contributed by atoms with Crippen LogP contribution in [0.3, 0.4) is 0 Å². The van der Waals surface area contributed by atoms with E-state index in [0.717, 1.165) is 6.54 Å². The molecule has 3 rings (SSSR count). The van der Waals surface area contributed by atoms with Crippen molar-refractivity contribution in [1.82, 2.24) is 15.1 Å². The first-order valence-electron chi connectivity index (χ1n) is 8.46. The molecule has 3 nitrogen and oxygen atoms in total. The van der Waals surface area contributed by atoms with Crippen LogP contribution in [0, 0.1) is 0 Å². The first kappa shape index (κ1) is 15.0. The fourth-order valence-corrected chi connectivity index (χ4v) is 3.81. The summed E-state index contributed by atoms with van der Waals surface area (Å²) in [5.74, 6) is 0.